The van der Waals surface area contributed by atoms with Gasteiger partial charge in [-0.1, -0.05) is 0 Å². The van der Waals surface area contributed by atoms with Gasteiger partial charge in [0.15, 0.2) is 0 Å². The van der Waals surface area contributed by atoms with E-state index in [2.05, 4.69) is 5.32 Å². The summed E-state index contributed by atoms with van der Waals surface area (Å²) in [6.45, 7) is 5.86. The van der Waals surface area contributed by atoms with E-state index in [0.29, 0.717) is 5.32 Å². The Balaban J connectivity index is 2.75. The molecule has 0 heterocycles. The molecule has 0 unspecified atom stereocenters. The molecule has 1 aromatic rings. The summed E-state index contributed by atoms with van der Waals surface area (Å²) in [5.41, 5.74) is 2.97. The molecule has 1 amide bonds. The molecule has 0 saturated heterocycles. The average Bonchev–Trinajstić information content (AvgIpc) is 2.23. The fraction of sp³-hybridized carbons (Fsp3) is 0.417. The third-order valence-electron chi connectivity index (χ3n) is 2.51. The predicted octanol–water partition coefficient (Wildman–Crippen LogP) is 4.18. The molecule has 0 radical (unpaired) electrons. The molecule has 5 heteroatoms. The number of rotatable bonds is 4. The van der Waals surface area contributed by atoms with Crippen LogP contribution >= 0.6 is 20.2 Å². The van der Waals surface area contributed by atoms with E-state index < -0.39 is 11.0 Å². The number of carbonyl (C=O) groups excluding carboxylic acids is 1. The monoisotopic (exact) mass is 341 g/mol. The Morgan fingerprint density at radius 1 is 1.29 bits per heavy atom. The fourth-order valence-electron chi connectivity index (χ4n) is 1.48. The molecule has 0 atom stereocenters. The van der Waals surface area contributed by atoms with E-state index in [0.717, 1.165) is 16.8 Å². The number of nitrogens with one attached hydrogen (secondary N) is 1. The van der Waals surface area contributed by atoms with E-state index in [9.17, 15) is 4.79 Å². The van der Waals surface area contributed by atoms with Gasteiger partial charge in [-0.3, -0.25) is 0 Å². The molecule has 0 aliphatic heterocycles. The normalized spacial score (nSPS) is 12.3. The van der Waals surface area contributed by atoms with Crippen LogP contribution in [0.5, 0.6) is 0 Å². The first-order valence-corrected chi connectivity index (χ1v) is 12.3. The van der Waals surface area contributed by atoms with Gasteiger partial charge in [-0.25, -0.2) is 0 Å². The van der Waals surface area contributed by atoms with Gasteiger partial charge in [-0.2, -0.15) is 0 Å². The van der Waals surface area contributed by atoms with Gasteiger partial charge in [0.2, 0.25) is 0 Å². The van der Waals surface area contributed by atoms with Crippen LogP contribution in [0.3, 0.4) is 0 Å². The van der Waals surface area contributed by atoms with Crippen LogP contribution in [0.1, 0.15) is 18.1 Å². The van der Waals surface area contributed by atoms with Crippen molar-refractivity contribution < 1.29 is 4.79 Å². The van der Waals surface area contributed by atoms with Crippen LogP contribution in [0.15, 0.2) is 18.2 Å². The van der Waals surface area contributed by atoms with Crippen molar-refractivity contribution in [3.05, 3.63) is 29.3 Å². The van der Waals surface area contributed by atoms with Crippen molar-refractivity contribution in [2.24, 2.45) is 0 Å². The first-order chi connectivity index (χ1) is 7.85. The molecule has 0 aliphatic carbocycles. The van der Waals surface area contributed by atoms with Crippen molar-refractivity contribution >= 4 is 42.8 Å². The minimum absolute atomic E-state index is 0.0887. The molecular weight excluding hydrogens is 324 g/mol. The average molecular weight is 341 g/mol. The van der Waals surface area contributed by atoms with Crippen LogP contribution in [0.25, 0.3) is 0 Å². The van der Waals surface area contributed by atoms with Crippen molar-refractivity contribution in [2.75, 3.05) is 5.32 Å². The molecule has 1 rings (SSSR count). The summed E-state index contributed by atoms with van der Waals surface area (Å²) in [6, 6.07) is 5.90. The van der Waals surface area contributed by atoms with E-state index in [1.807, 2.05) is 39.0 Å². The van der Waals surface area contributed by atoms with Gasteiger partial charge in [0.05, 0.1) is 0 Å². The van der Waals surface area contributed by atoms with Gasteiger partial charge in [0.1, 0.15) is 0 Å². The minimum atomic E-state index is -2.57. The van der Waals surface area contributed by atoms with Gasteiger partial charge < -0.3 is 0 Å². The summed E-state index contributed by atoms with van der Waals surface area (Å²) in [7, 11) is 12.2. The molecular formula is C12H17Cl2NOSe. The Labute approximate surface area is 113 Å². The summed E-state index contributed by atoms with van der Waals surface area (Å²) < 4.78 is 0. The summed E-state index contributed by atoms with van der Waals surface area (Å²) >= 11 is -2.57. The second-order valence-corrected chi connectivity index (χ2v) is 15.7. The summed E-state index contributed by atoms with van der Waals surface area (Å²) in [6.07, 6.45) is 0. The SMILES string of the molecule is CC[Se](Cl)(Cl)CC(=O)Nc1c(C)cccc1C. The van der Waals surface area contributed by atoms with Crippen LogP contribution in [-0.4, -0.2) is 16.9 Å². The molecule has 1 N–H and O–H groups in total. The zero-order valence-corrected chi connectivity index (χ0v) is 13.4. The molecule has 1 aromatic carbocycles. The maximum absolute atomic E-state index is 11.9. The Morgan fingerprint density at radius 3 is 2.29 bits per heavy atom. The number of hydrogen-bond donors (Lipinski definition) is 1. The Kier molecular flexibility index (Phi) is 5.33. The molecule has 0 saturated carbocycles. The third kappa shape index (κ3) is 4.51. The van der Waals surface area contributed by atoms with Crippen LogP contribution in [0, 0.1) is 13.8 Å². The molecule has 17 heavy (non-hydrogen) atoms. The first-order valence-electron chi connectivity index (χ1n) is 5.39. The van der Waals surface area contributed by atoms with Gasteiger partial charge in [-0.05, 0) is 0 Å². The molecule has 0 spiro atoms. The molecule has 0 aliphatic rings. The number of halogens is 2. The number of para-hydroxylation sites is 1. The second kappa shape index (κ2) is 6.10. The zero-order chi connectivity index (χ0) is 13.1. The topological polar surface area (TPSA) is 29.1 Å². The molecule has 2 nitrogen and oxygen atoms in total. The van der Waals surface area contributed by atoms with E-state index >= 15 is 0 Å². The molecule has 0 fully saturated rings. The third-order valence-corrected chi connectivity index (χ3v) is 9.12. The summed E-state index contributed by atoms with van der Waals surface area (Å²) in [5, 5.41) is 3.85. The van der Waals surface area contributed by atoms with Gasteiger partial charge >= 0.3 is 114 Å². The second-order valence-electron chi connectivity index (χ2n) is 3.95. The maximum atomic E-state index is 11.9. The number of hydrogen-bond acceptors (Lipinski definition) is 1. The number of benzene rings is 1. The van der Waals surface area contributed by atoms with Crippen LogP contribution in [0.2, 0.25) is 10.6 Å². The quantitative estimate of drug-likeness (QED) is 0.818. The van der Waals surface area contributed by atoms with Crippen molar-refractivity contribution in [3.63, 3.8) is 0 Å². The number of anilines is 1. The number of carbonyl (C=O) groups is 1. The molecule has 0 aromatic heterocycles. The van der Waals surface area contributed by atoms with E-state index in [4.69, 9.17) is 20.2 Å². The first kappa shape index (κ1) is 14.8. The Morgan fingerprint density at radius 2 is 1.82 bits per heavy atom. The van der Waals surface area contributed by atoms with Crippen LogP contribution in [-0.2, 0) is 4.79 Å². The van der Waals surface area contributed by atoms with Gasteiger partial charge in [-0.15, -0.1) is 0 Å². The van der Waals surface area contributed by atoms with E-state index in [-0.39, 0.29) is 11.2 Å². The van der Waals surface area contributed by atoms with Crippen molar-refractivity contribution in [1.82, 2.24) is 0 Å². The summed E-state index contributed by atoms with van der Waals surface area (Å²) in [4.78, 5) is 11.9. The fourth-order valence-corrected chi connectivity index (χ4v) is 3.90. The Hall–Kier alpha value is -0.211. The zero-order valence-electron chi connectivity index (χ0n) is 10.2. The number of aryl methyl sites for hydroxylation is 2. The van der Waals surface area contributed by atoms with E-state index in [1.165, 1.54) is 0 Å². The summed E-state index contributed by atoms with van der Waals surface area (Å²) in [5.74, 6) is -0.0887. The van der Waals surface area contributed by atoms with Crippen molar-refractivity contribution in [2.45, 2.75) is 31.4 Å². The van der Waals surface area contributed by atoms with Crippen LogP contribution in [0.4, 0.5) is 5.69 Å². The molecule has 0 bridgehead atoms. The number of amides is 1. The van der Waals surface area contributed by atoms with Crippen molar-refractivity contribution in [3.8, 4) is 0 Å². The van der Waals surface area contributed by atoms with E-state index in [1.54, 1.807) is 0 Å². The standard InChI is InChI=1S/C12H17Cl2NOSe/c1-4-17(13,14)8-11(16)15-12-9(2)6-5-7-10(12)3/h5-7H,4,8H2,1-3H3,(H,15,16). The van der Waals surface area contributed by atoms with Crippen molar-refractivity contribution in [1.29, 1.82) is 0 Å². The Bertz CT molecular complexity index is 401. The molecule has 96 valence electrons. The van der Waals surface area contributed by atoms with Gasteiger partial charge in [0, 0.05) is 0 Å². The predicted molar refractivity (Wildman–Crippen MR) is 77.3 cm³/mol. The van der Waals surface area contributed by atoms with Gasteiger partial charge in [0.25, 0.3) is 0 Å². The van der Waals surface area contributed by atoms with Crippen LogP contribution < -0.4 is 5.32 Å².